The highest BCUT2D eigenvalue weighted by molar-refractivity contribution is 5.85. The monoisotopic (exact) mass is 294 g/mol. The van der Waals surface area contributed by atoms with Gasteiger partial charge in [0.1, 0.15) is 11.8 Å². The first-order valence-electron chi connectivity index (χ1n) is 6.83. The molecule has 0 spiro atoms. The summed E-state index contributed by atoms with van der Waals surface area (Å²) in [6.45, 7) is 3.63. The van der Waals surface area contributed by atoms with Gasteiger partial charge in [-0.1, -0.05) is 26.3 Å². The molecule has 0 aromatic heterocycles. The van der Waals surface area contributed by atoms with E-state index < -0.39 is 12.0 Å². The fraction of sp³-hybridized carbons (Fsp3) is 0.467. The third kappa shape index (κ3) is 5.33. The Bertz CT molecular complexity index is 490. The standard InChI is InChI=1S/C15H22N2O4/c1-4-10(2)14(15(19)20-3)17-13(18)9-21-12-7-5-6-11(16)8-12/h5-8,10,14H,4,9,16H2,1-3H3,(H,17,18). The maximum absolute atomic E-state index is 11.9. The van der Waals surface area contributed by atoms with Crippen LogP contribution in [-0.4, -0.2) is 31.6 Å². The fourth-order valence-electron chi connectivity index (χ4n) is 1.76. The van der Waals surface area contributed by atoms with Gasteiger partial charge in [-0.25, -0.2) is 4.79 Å². The van der Waals surface area contributed by atoms with E-state index in [0.29, 0.717) is 11.4 Å². The van der Waals surface area contributed by atoms with Gasteiger partial charge in [-0.05, 0) is 18.1 Å². The summed E-state index contributed by atoms with van der Waals surface area (Å²) >= 11 is 0. The van der Waals surface area contributed by atoms with E-state index in [0.717, 1.165) is 6.42 Å². The molecule has 116 valence electrons. The molecule has 3 N–H and O–H groups in total. The van der Waals surface area contributed by atoms with E-state index in [1.807, 2.05) is 13.8 Å². The predicted molar refractivity (Wildman–Crippen MR) is 79.8 cm³/mol. The van der Waals surface area contributed by atoms with Crippen LogP contribution in [-0.2, 0) is 14.3 Å². The van der Waals surface area contributed by atoms with Crippen LogP contribution in [0.15, 0.2) is 24.3 Å². The van der Waals surface area contributed by atoms with Crippen LogP contribution in [0.3, 0.4) is 0 Å². The van der Waals surface area contributed by atoms with Crippen molar-refractivity contribution in [3.05, 3.63) is 24.3 Å². The van der Waals surface area contributed by atoms with Crippen LogP contribution in [0.4, 0.5) is 5.69 Å². The second kappa shape index (κ2) is 8.14. The third-order valence-electron chi connectivity index (χ3n) is 3.21. The lowest BCUT2D eigenvalue weighted by atomic mass is 9.99. The molecule has 0 fully saturated rings. The Balaban J connectivity index is 2.56. The molecule has 0 saturated heterocycles. The van der Waals surface area contributed by atoms with Gasteiger partial charge in [0.25, 0.3) is 5.91 Å². The molecule has 0 radical (unpaired) electrons. The number of amides is 1. The summed E-state index contributed by atoms with van der Waals surface area (Å²) < 4.78 is 10.0. The summed E-state index contributed by atoms with van der Waals surface area (Å²) in [7, 11) is 1.30. The molecule has 21 heavy (non-hydrogen) atoms. The summed E-state index contributed by atoms with van der Waals surface area (Å²) in [4.78, 5) is 23.5. The molecule has 0 aliphatic rings. The van der Waals surface area contributed by atoms with Crippen LogP contribution in [0.2, 0.25) is 0 Å². The molecule has 6 heteroatoms. The van der Waals surface area contributed by atoms with E-state index in [9.17, 15) is 9.59 Å². The summed E-state index contributed by atoms with van der Waals surface area (Å²) in [6.07, 6.45) is 0.746. The second-order valence-electron chi connectivity index (χ2n) is 4.82. The van der Waals surface area contributed by atoms with Crippen molar-refractivity contribution in [1.82, 2.24) is 5.32 Å². The first-order valence-corrected chi connectivity index (χ1v) is 6.83. The van der Waals surface area contributed by atoms with Gasteiger partial charge < -0.3 is 20.5 Å². The van der Waals surface area contributed by atoms with Gasteiger partial charge in [-0.15, -0.1) is 0 Å². The molecule has 1 aromatic carbocycles. The lowest BCUT2D eigenvalue weighted by molar-refractivity contribution is -0.146. The van der Waals surface area contributed by atoms with Crippen molar-refractivity contribution in [1.29, 1.82) is 0 Å². The van der Waals surface area contributed by atoms with Crippen LogP contribution in [0, 0.1) is 5.92 Å². The number of hydrogen-bond acceptors (Lipinski definition) is 5. The van der Waals surface area contributed by atoms with Gasteiger partial charge in [0.2, 0.25) is 0 Å². The number of ether oxygens (including phenoxy) is 2. The van der Waals surface area contributed by atoms with Gasteiger partial charge in [-0.3, -0.25) is 4.79 Å². The summed E-state index contributed by atoms with van der Waals surface area (Å²) in [5.41, 5.74) is 6.17. The van der Waals surface area contributed by atoms with Crippen molar-refractivity contribution in [2.45, 2.75) is 26.3 Å². The van der Waals surface area contributed by atoms with Gasteiger partial charge in [0, 0.05) is 11.8 Å². The average Bonchev–Trinajstić information content (AvgIpc) is 2.49. The minimum absolute atomic E-state index is 0.0197. The van der Waals surface area contributed by atoms with E-state index in [4.69, 9.17) is 15.2 Å². The number of carbonyl (C=O) groups is 2. The van der Waals surface area contributed by atoms with Crippen molar-refractivity contribution in [3.63, 3.8) is 0 Å². The molecule has 6 nitrogen and oxygen atoms in total. The Labute approximate surface area is 124 Å². The highest BCUT2D eigenvalue weighted by Crippen LogP contribution is 2.14. The van der Waals surface area contributed by atoms with Crippen molar-refractivity contribution < 1.29 is 19.1 Å². The average molecular weight is 294 g/mol. The van der Waals surface area contributed by atoms with E-state index >= 15 is 0 Å². The molecule has 0 aliphatic heterocycles. The van der Waals surface area contributed by atoms with E-state index in [1.54, 1.807) is 24.3 Å². The number of benzene rings is 1. The zero-order valence-electron chi connectivity index (χ0n) is 12.6. The van der Waals surface area contributed by atoms with Crippen LogP contribution in [0.25, 0.3) is 0 Å². The van der Waals surface area contributed by atoms with Crippen LogP contribution in [0.1, 0.15) is 20.3 Å². The number of carbonyl (C=O) groups excluding carboxylic acids is 2. The number of esters is 1. The number of hydrogen-bond donors (Lipinski definition) is 2. The first kappa shape index (κ1) is 16.8. The minimum Gasteiger partial charge on any atom is -0.484 e. The Kier molecular flexibility index (Phi) is 6.52. The van der Waals surface area contributed by atoms with Gasteiger partial charge in [-0.2, -0.15) is 0 Å². The third-order valence-corrected chi connectivity index (χ3v) is 3.21. The fourth-order valence-corrected chi connectivity index (χ4v) is 1.76. The van der Waals surface area contributed by atoms with Gasteiger partial charge in [0.05, 0.1) is 7.11 Å². The first-order chi connectivity index (χ1) is 9.97. The molecular weight excluding hydrogens is 272 g/mol. The van der Waals surface area contributed by atoms with Crippen LogP contribution in [0.5, 0.6) is 5.75 Å². The quantitative estimate of drug-likeness (QED) is 0.585. The molecule has 0 heterocycles. The summed E-state index contributed by atoms with van der Waals surface area (Å²) in [5, 5.41) is 2.63. The molecule has 0 bridgehead atoms. The van der Waals surface area contributed by atoms with Crippen LogP contribution < -0.4 is 15.8 Å². The molecule has 2 unspecified atom stereocenters. The predicted octanol–water partition coefficient (Wildman–Crippen LogP) is 1.35. The lowest BCUT2D eigenvalue weighted by Gasteiger charge is -2.21. The second-order valence-corrected chi connectivity index (χ2v) is 4.82. The van der Waals surface area contributed by atoms with Gasteiger partial charge in [0.15, 0.2) is 6.61 Å². The minimum atomic E-state index is -0.669. The topological polar surface area (TPSA) is 90.6 Å². The normalized spacial score (nSPS) is 13.1. The molecule has 0 aliphatic carbocycles. The molecule has 1 amide bonds. The van der Waals surface area contributed by atoms with Gasteiger partial charge >= 0.3 is 5.97 Å². The smallest absolute Gasteiger partial charge is 0.328 e. The van der Waals surface area contributed by atoms with Crippen LogP contribution >= 0.6 is 0 Å². The zero-order chi connectivity index (χ0) is 15.8. The van der Waals surface area contributed by atoms with Crippen molar-refractivity contribution in [2.75, 3.05) is 19.5 Å². The SMILES string of the molecule is CCC(C)C(NC(=O)COc1cccc(N)c1)C(=O)OC. The van der Waals surface area contributed by atoms with E-state index in [1.165, 1.54) is 7.11 Å². The zero-order valence-corrected chi connectivity index (χ0v) is 12.6. The molecule has 1 aromatic rings. The highest BCUT2D eigenvalue weighted by Gasteiger charge is 2.26. The van der Waals surface area contributed by atoms with E-state index in [2.05, 4.69) is 5.32 Å². The summed E-state index contributed by atoms with van der Waals surface area (Å²) in [6, 6.07) is 6.12. The highest BCUT2D eigenvalue weighted by atomic mass is 16.5. The number of nitrogen functional groups attached to an aromatic ring is 1. The number of nitrogens with two attached hydrogens (primary N) is 1. The van der Waals surface area contributed by atoms with Crippen molar-refractivity contribution in [2.24, 2.45) is 5.92 Å². The van der Waals surface area contributed by atoms with Crippen molar-refractivity contribution >= 4 is 17.6 Å². The van der Waals surface area contributed by atoms with Crippen molar-refractivity contribution in [3.8, 4) is 5.75 Å². The maximum Gasteiger partial charge on any atom is 0.328 e. The molecular formula is C15H22N2O4. The number of rotatable bonds is 7. The lowest BCUT2D eigenvalue weighted by Crippen LogP contribution is -2.47. The Hall–Kier alpha value is -2.24. The molecule has 1 rings (SSSR count). The number of methoxy groups -OCH3 is 1. The largest absolute Gasteiger partial charge is 0.484 e. The van der Waals surface area contributed by atoms with E-state index in [-0.39, 0.29) is 18.4 Å². The Morgan fingerprint density at radius 1 is 1.38 bits per heavy atom. The summed E-state index contributed by atoms with van der Waals surface area (Å²) in [5.74, 6) is -0.355. The number of anilines is 1. The Morgan fingerprint density at radius 3 is 2.67 bits per heavy atom. The molecule has 0 saturated carbocycles. The number of nitrogens with one attached hydrogen (secondary N) is 1. The maximum atomic E-state index is 11.9. The molecule has 2 atom stereocenters. The Morgan fingerprint density at radius 2 is 2.10 bits per heavy atom.